The lowest BCUT2D eigenvalue weighted by atomic mass is 10.0. The van der Waals surface area contributed by atoms with Crippen molar-refractivity contribution in [2.75, 3.05) is 24.5 Å². The zero-order chi connectivity index (χ0) is 25.3. The number of carbonyl (C=O) groups excluding carboxylic acids is 1. The Kier molecular flexibility index (Phi) is 6.35. The quantitative estimate of drug-likeness (QED) is 0.374. The van der Waals surface area contributed by atoms with Crippen LogP contribution < -0.4 is 4.90 Å². The highest BCUT2D eigenvalue weighted by Gasteiger charge is 2.31. The molecule has 0 N–H and O–H groups in total. The lowest BCUT2D eigenvalue weighted by molar-refractivity contribution is -0.137. The van der Waals surface area contributed by atoms with Crippen LogP contribution >= 0.6 is 0 Å². The Morgan fingerprint density at radius 1 is 0.889 bits per heavy atom. The molecule has 1 fully saturated rings. The van der Waals surface area contributed by atoms with Crippen LogP contribution in [0.1, 0.15) is 18.1 Å². The number of aromatic nitrogens is 2. The first kappa shape index (κ1) is 23.8. The molecule has 0 spiro atoms. The Labute approximate surface area is 207 Å². The van der Waals surface area contributed by atoms with E-state index in [2.05, 4.69) is 15.1 Å². The summed E-state index contributed by atoms with van der Waals surface area (Å²) < 4.78 is 38.4. The topological polar surface area (TPSA) is 49.3 Å². The van der Waals surface area contributed by atoms with E-state index in [0.29, 0.717) is 25.2 Å². The van der Waals surface area contributed by atoms with E-state index >= 15 is 0 Å². The number of nitrogens with zero attached hydrogens (tertiary/aromatic N) is 4. The molecule has 3 aromatic carbocycles. The van der Waals surface area contributed by atoms with E-state index < -0.39 is 11.7 Å². The fourth-order valence-corrected chi connectivity index (χ4v) is 4.71. The zero-order valence-electron chi connectivity index (χ0n) is 19.7. The molecule has 8 heteroatoms. The van der Waals surface area contributed by atoms with Crippen molar-refractivity contribution in [3.8, 4) is 11.3 Å². The first-order valence-electron chi connectivity index (χ1n) is 11.8. The fraction of sp³-hybridized carbons (Fsp3) is 0.250. The van der Waals surface area contributed by atoms with Crippen LogP contribution in [0, 0.1) is 0 Å². The van der Waals surface area contributed by atoms with Crippen molar-refractivity contribution in [1.82, 2.24) is 15.1 Å². The predicted octanol–water partition coefficient (Wildman–Crippen LogP) is 5.60. The Balaban J connectivity index is 1.32. The van der Waals surface area contributed by atoms with E-state index in [1.165, 1.54) is 12.1 Å². The summed E-state index contributed by atoms with van der Waals surface area (Å²) in [4.78, 5) is 16.9. The van der Waals surface area contributed by atoms with Gasteiger partial charge in [0, 0.05) is 42.0 Å². The number of anilines is 1. The Hall–Kier alpha value is -3.94. The number of halogens is 3. The van der Waals surface area contributed by atoms with Gasteiger partial charge in [-0.05, 0) is 24.6 Å². The maximum absolute atomic E-state index is 12.9. The SMILES string of the molecule is C[C@H]1CN(C(=O)Cc2ccc(C(F)(F)F)cc2)CCN1c1nnc(-c2ccccc2)c2ccccc12. The van der Waals surface area contributed by atoms with Crippen LogP contribution in [0.4, 0.5) is 19.0 Å². The average Bonchev–Trinajstić information content (AvgIpc) is 2.88. The molecule has 1 atom stereocenters. The van der Waals surface area contributed by atoms with E-state index in [9.17, 15) is 18.0 Å². The lowest BCUT2D eigenvalue weighted by Crippen LogP contribution is -2.54. The summed E-state index contributed by atoms with van der Waals surface area (Å²) >= 11 is 0. The van der Waals surface area contributed by atoms with Gasteiger partial charge in [0.25, 0.3) is 0 Å². The van der Waals surface area contributed by atoms with Crippen molar-refractivity contribution in [3.63, 3.8) is 0 Å². The van der Waals surface area contributed by atoms with Crippen molar-refractivity contribution in [2.24, 2.45) is 0 Å². The molecule has 4 aromatic rings. The summed E-state index contributed by atoms with van der Waals surface area (Å²) in [6.07, 6.45) is -4.32. The summed E-state index contributed by atoms with van der Waals surface area (Å²) in [5.74, 6) is 0.684. The number of hydrogen-bond donors (Lipinski definition) is 0. The van der Waals surface area contributed by atoms with Gasteiger partial charge in [-0.2, -0.15) is 13.2 Å². The van der Waals surface area contributed by atoms with Gasteiger partial charge in [0.05, 0.1) is 12.0 Å². The predicted molar refractivity (Wildman–Crippen MR) is 134 cm³/mol. The van der Waals surface area contributed by atoms with Crippen molar-refractivity contribution < 1.29 is 18.0 Å². The van der Waals surface area contributed by atoms with Crippen molar-refractivity contribution >= 4 is 22.5 Å². The summed E-state index contributed by atoms with van der Waals surface area (Å²) in [5.41, 5.74) is 1.68. The molecule has 0 unspecified atom stereocenters. The molecule has 36 heavy (non-hydrogen) atoms. The molecule has 1 aliphatic rings. The second-order valence-electron chi connectivity index (χ2n) is 9.04. The molecule has 184 valence electrons. The van der Waals surface area contributed by atoms with Gasteiger partial charge in [0.1, 0.15) is 5.69 Å². The van der Waals surface area contributed by atoms with Crippen LogP contribution in [0.15, 0.2) is 78.9 Å². The number of benzene rings is 3. The number of fused-ring (bicyclic) bond motifs is 1. The third-order valence-corrected chi connectivity index (χ3v) is 6.60. The van der Waals surface area contributed by atoms with Gasteiger partial charge < -0.3 is 9.80 Å². The number of hydrogen-bond acceptors (Lipinski definition) is 4. The van der Waals surface area contributed by atoms with Gasteiger partial charge in [-0.15, -0.1) is 10.2 Å². The molecule has 0 bridgehead atoms. The molecule has 1 saturated heterocycles. The molecule has 5 nitrogen and oxygen atoms in total. The third kappa shape index (κ3) is 4.76. The van der Waals surface area contributed by atoms with Gasteiger partial charge in [-0.25, -0.2) is 0 Å². The largest absolute Gasteiger partial charge is 0.416 e. The summed E-state index contributed by atoms with van der Waals surface area (Å²) in [5, 5.41) is 11.2. The lowest BCUT2D eigenvalue weighted by Gasteiger charge is -2.40. The molecular formula is C28H25F3N4O. The van der Waals surface area contributed by atoms with E-state index in [4.69, 9.17) is 0 Å². The first-order chi connectivity index (χ1) is 17.3. The number of amides is 1. The summed E-state index contributed by atoms with van der Waals surface area (Å²) in [7, 11) is 0. The smallest absolute Gasteiger partial charge is 0.348 e. The fourth-order valence-electron chi connectivity index (χ4n) is 4.71. The highest BCUT2D eigenvalue weighted by Crippen LogP contribution is 2.33. The molecule has 5 rings (SSSR count). The van der Waals surface area contributed by atoms with Crippen molar-refractivity contribution in [2.45, 2.75) is 25.6 Å². The van der Waals surface area contributed by atoms with Crippen LogP contribution in [0.2, 0.25) is 0 Å². The first-order valence-corrected chi connectivity index (χ1v) is 11.8. The second-order valence-corrected chi connectivity index (χ2v) is 9.04. The van der Waals surface area contributed by atoms with Crippen molar-refractivity contribution in [3.05, 3.63) is 90.0 Å². The van der Waals surface area contributed by atoms with Crippen LogP contribution in [-0.4, -0.2) is 46.7 Å². The Morgan fingerprint density at radius 2 is 1.56 bits per heavy atom. The minimum absolute atomic E-state index is 0.00409. The van der Waals surface area contributed by atoms with Crippen LogP contribution in [0.25, 0.3) is 22.0 Å². The minimum Gasteiger partial charge on any atom is -0.348 e. The number of carbonyl (C=O) groups is 1. The van der Waals surface area contributed by atoms with E-state index in [0.717, 1.165) is 40.0 Å². The Bertz CT molecular complexity index is 1370. The van der Waals surface area contributed by atoms with Gasteiger partial charge in [0.15, 0.2) is 5.82 Å². The normalized spacial score (nSPS) is 16.4. The molecule has 0 radical (unpaired) electrons. The van der Waals surface area contributed by atoms with Gasteiger partial charge in [-0.1, -0.05) is 66.7 Å². The van der Waals surface area contributed by atoms with Gasteiger partial charge in [0.2, 0.25) is 5.91 Å². The number of alkyl halides is 3. The number of rotatable bonds is 4. The highest BCUT2D eigenvalue weighted by atomic mass is 19.4. The minimum atomic E-state index is -4.39. The molecule has 0 saturated carbocycles. The summed E-state index contributed by atoms with van der Waals surface area (Å²) in [6, 6.07) is 22.8. The Morgan fingerprint density at radius 3 is 2.22 bits per heavy atom. The van der Waals surface area contributed by atoms with E-state index in [-0.39, 0.29) is 18.4 Å². The molecule has 1 aromatic heterocycles. The highest BCUT2D eigenvalue weighted by molar-refractivity contribution is 6.00. The standard InChI is InChI=1S/C28H25F3N4O/c1-19-18-34(25(36)17-20-11-13-22(14-12-20)28(29,30)31)15-16-35(19)27-24-10-6-5-9-23(24)26(32-33-27)21-7-3-2-4-8-21/h2-14,19H,15-18H2,1H3/t19-/m0/s1. The maximum Gasteiger partial charge on any atom is 0.416 e. The monoisotopic (exact) mass is 490 g/mol. The molecule has 0 aliphatic carbocycles. The second kappa shape index (κ2) is 9.60. The average molecular weight is 491 g/mol. The van der Waals surface area contributed by atoms with Crippen LogP contribution in [-0.2, 0) is 17.4 Å². The van der Waals surface area contributed by atoms with Crippen LogP contribution in [0.3, 0.4) is 0 Å². The van der Waals surface area contributed by atoms with E-state index in [1.54, 1.807) is 4.90 Å². The molecule has 1 amide bonds. The third-order valence-electron chi connectivity index (χ3n) is 6.60. The zero-order valence-corrected chi connectivity index (χ0v) is 19.7. The van der Waals surface area contributed by atoms with Crippen LogP contribution in [0.5, 0.6) is 0 Å². The molecule has 2 heterocycles. The van der Waals surface area contributed by atoms with E-state index in [1.807, 2.05) is 61.5 Å². The van der Waals surface area contributed by atoms with Gasteiger partial charge in [-0.3, -0.25) is 4.79 Å². The van der Waals surface area contributed by atoms with Crippen molar-refractivity contribution in [1.29, 1.82) is 0 Å². The number of piperazine rings is 1. The molecular weight excluding hydrogens is 465 g/mol. The maximum atomic E-state index is 12.9. The molecule has 1 aliphatic heterocycles. The summed E-state index contributed by atoms with van der Waals surface area (Å²) in [6.45, 7) is 3.62. The van der Waals surface area contributed by atoms with Gasteiger partial charge >= 0.3 is 6.18 Å².